The van der Waals surface area contributed by atoms with Crippen LogP contribution in [0.15, 0.2) is 42.5 Å². The average Bonchev–Trinajstić information content (AvgIpc) is 2.61. The molecule has 2 aromatic carbocycles. The van der Waals surface area contributed by atoms with Crippen LogP contribution in [0, 0.1) is 5.82 Å². The van der Waals surface area contributed by atoms with E-state index in [1.54, 1.807) is 18.2 Å². The van der Waals surface area contributed by atoms with E-state index in [4.69, 9.17) is 4.74 Å². The van der Waals surface area contributed by atoms with Crippen LogP contribution in [0.1, 0.15) is 30.0 Å². The number of hydrogen-bond acceptors (Lipinski definition) is 4. The third-order valence-electron chi connectivity index (χ3n) is 4.42. The molecule has 0 aromatic heterocycles. The summed E-state index contributed by atoms with van der Waals surface area (Å²) in [6, 6.07) is 11.2. The maximum absolute atomic E-state index is 13.5. The van der Waals surface area contributed by atoms with Gasteiger partial charge in [-0.05, 0) is 41.8 Å². The van der Waals surface area contributed by atoms with Crippen LogP contribution < -0.4 is 15.4 Å². The molecule has 1 saturated heterocycles. The Balaban J connectivity index is 1.74. The number of phenolic OH excluding ortho intramolecular Hbond substituents is 1. The molecular formula is C19H21FN2O3. The third kappa shape index (κ3) is 4.09. The predicted molar refractivity (Wildman–Crippen MR) is 91.8 cm³/mol. The van der Waals surface area contributed by atoms with Crippen LogP contribution >= 0.6 is 0 Å². The van der Waals surface area contributed by atoms with Crippen LogP contribution in [0.4, 0.5) is 4.39 Å². The molecule has 2 atom stereocenters. The number of carbonyl (C=O) groups excluding carboxylic acids is 1. The molecule has 0 saturated carbocycles. The van der Waals surface area contributed by atoms with Crippen molar-refractivity contribution in [3.05, 3.63) is 59.4 Å². The number of phenols is 1. The van der Waals surface area contributed by atoms with Gasteiger partial charge in [0.2, 0.25) is 5.91 Å². The third-order valence-corrected chi connectivity index (χ3v) is 4.42. The van der Waals surface area contributed by atoms with Gasteiger partial charge < -0.3 is 20.5 Å². The molecule has 2 aromatic rings. The van der Waals surface area contributed by atoms with Crippen molar-refractivity contribution in [3.8, 4) is 11.5 Å². The number of nitrogens with one attached hydrogen (secondary N) is 2. The van der Waals surface area contributed by atoms with E-state index in [-0.39, 0.29) is 29.6 Å². The van der Waals surface area contributed by atoms with Gasteiger partial charge in [0, 0.05) is 19.0 Å². The summed E-state index contributed by atoms with van der Waals surface area (Å²) in [6.45, 7) is 0.545. The summed E-state index contributed by atoms with van der Waals surface area (Å²) >= 11 is 0. The number of benzene rings is 2. The Morgan fingerprint density at radius 3 is 2.92 bits per heavy atom. The summed E-state index contributed by atoms with van der Waals surface area (Å²) in [5.41, 5.74) is 1.69. The zero-order chi connectivity index (χ0) is 17.8. The second-order valence-corrected chi connectivity index (χ2v) is 6.13. The fraction of sp³-hybridized carbons (Fsp3) is 0.316. The van der Waals surface area contributed by atoms with E-state index in [2.05, 4.69) is 10.6 Å². The van der Waals surface area contributed by atoms with Gasteiger partial charge in [-0.25, -0.2) is 4.39 Å². The van der Waals surface area contributed by atoms with E-state index in [1.165, 1.54) is 19.2 Å². The number of piperidine rings is 1. The zero-order valence-electron chi connectivity index (χ0n) is 14.0. The van der Waals surface area contributed by atoms with Gasteiger partial charge >= 0.3 is 0 Å². The molecule has 1 fully saturated rings. The fourth-order valence-corrected chi connectivity index (χ4v) is 3.12. The fourth-order valence-electron chi connectivity index (χ4n) is 3.12. The lowest BCUT2D eigenvalue weighted by atomic mass is 9.91. The minimum Gasteiger partial charge on any atom is -0.504 e. The summed E-state index contributed by atoms with van der Waals surface area (Å²) in [5, 5.41) is 16.0. The molecule has 0 spiro atoms. The summed E-state index contributed by atoms with van der Waals surface area (Å²) in [7, 11) is 1.50. The standard InChI is InChI=1S/C19H21FN2O3/c1-25-17-9-12(5-7-16(17)23)11-21-15-6-8-18(24)22-19(15)13-3-2-4-14(20)10-13/h2-5,7,9-10,15,19,21,23H,6,8,11H2,1H3,(H,22,24)/t15-,19+/m1/s1. The zero-order valence-corrected chi connectivity index (χ0v) is 14.0. The molecule has 1 aliphatic rings. The summed E-state index contributed by atoms with van der Waals surface area (Å²) < 4.78 is 18.7. The highest BCUT2D eigenvalue weighted by Crippen LogP contribution is 2.28. The van der Waals surface area contributed by atoms with E-state index < -0.39 is 0 Å². The summed E-state index contributed by atoms with van der Waals surface area (Å²) in [4.78, 5) is 11.8. The molecular weight excluding hydrogens is 323 g/mol. The molecule has 3 N–H and O–H groups in total. The Bertz CT molecular complexity index is 766. The number of carbonyl (C=O) groups is 1. The Hall–Kier alpha value is -2.60. The van der Waals surface area contributed by atoms with Gasteiger partial charge in [-0.15, -0.1) is 0 Å². The van der Waals surface area contributed by atoms with Crippen molar-refractivity contribution >= 4 is 5.91 Å². The van der Waals surface area contributed by atoms with Crippen molar-refractivity contribution in [2.24, 2.45) is 0 Å². The first kappa shape index (κ1) is 17.2. The van der Waals surface area contributed by atoms with Crippen molar-refractivity contribution < 1.29 is 19.0 Å². The topological polar surface area (TPSA) is 70.6 Å². The van der Waals surface area contributed by atoms with Crippen molar-refractivity contribution in [2.75, 3.05) is 7.11 Å². The number of hydrogen-bond donors (Lipinski definition) is 3. The Labute approximate surface area is 145 Å². The normalized spacial score (nSPS) is 20.2. The van der Waals surface area contributed by atoms with Crippen LogP contribution in [0.25, 0.3) is 0 Å². The highest BCUT2D eigenvalue weighted by atomic mass is 19.1. The van der Waals surface area contributed by atoms with Gasteiger partial charge in [-0.3, -0.25) is 4.79 Å². The van der Waals surface area contributed by atoms with Crippen molar-refractivity contribution in [3.63, 3.8) is 0 Å². The molecule has 0 bridgehead atoms. The van der Waals surface area contributed by atoms with Gasteiger partial charge in [0.15, 0.2) is 11.5 Å². The molecule has 1 heterocycles. The van der Waals surface area contributed by atoms with Crippen molar-refractivity contribution in [1.82, 2.24) is 10.6 Å². The van der Waals surface area contributed by atoms with Crippen LogP contribution in [0.5, 0.6) is 11.5 Å². The predicted octanol–water partition coefficient (Wildman–Crippen LogP) is 2.65. The molecule has 1 aliphatic heterocycles. The highest BCUT2D eigenvalue weighted by Gasteiger charge is 2.29. The quantitative estimate of drug-likeness (QED) is 0.780. The lowest BCUT2D eigenvalue weighted by Crippen LogP contribution is -2.48. The van der Waals surface area contributed by atoms with Gasteiger partial charge in [-0.1, -0.05) is 18.2 Å². The Kier molecular flexibility index (Phi) is 5.19. The van der Waals surface area contributed by atoms with Crippen LogP contribution in [0.3, 0.4) is 0 Å². The van der Waals surface area contributed by atoms with E-state index in [0.29, 0.717) is 25.1 Å². The van der Waals surface area contributed by atoms with Gasteiger partial charge in [0.05, 0.1) is 13.2 Å². The Morgan fingerprint density at radius 1 is 1.32 bits per heavy atom. The van der Waals surface area contributed by atoms with E-state index in [1.807, 2.05) is 12.1 Å². The van der Waals surface area contributed by atoms with Crippen LogP contribution in [-0.2, 0) is 11.3 Å². The van der Waals surface area contributed by atoms with E-state index >= 15 is 0 Å². The molecule has 6 heteroatoms. The summed E-state index contributed by atoms with van der Waals surface area (Å²) in [6.07, 6.45) is 1.10. The molecule has 25 heavy (non-hydrogen) atoms. The molecule has 0 aliphatic carbocycles. The maximum Gasteiger partial charge on any atom is 0.220 e. The summed E-state index contributed by atoms with van der Waals surface area (Å²) in [5.74, 6) is 0.157. The van der Waals surface area contributed by atoms with Crippen LogP contribution in [0.2, 0.25) is 0 Å². The minimum atomic E-state index is -0.320. The Morgan fingerprint density at radius 2 is 2.16 bits per heavy atom. The molecule has 5 nitrogen and oxygen atoms in total. The molecule has 3 rings (SSSR count). The number of ether oxygens (including phenoxy) is 1. The maximum atomic E-state index is 13.5. The number of rotatable bonds is 5. The number of aromatic hydroxyl groups is 1. The van der Waals surface area contributed by atoms with Gasteiger partial charge in [-0.2, -0.15) is 0 Å². The second-order valence-electron chi connectivity index (χ2n) is 6.13. The smallest absolute Gasteiger partial charge is 0.220 e. The second kappa shape index (κ2) is 7.53. The van der Waals surface area contributed by atoms with Crippen molar-refractivity contribution in [2.45, 2.75) is 31.5 Å². The molecule has 0 unspecified atom stereocenters. The number of methoxy groups -OCH3 is 1. The minimum absolute atomic E-state index is 0.0145. The number of halogens is 1. The van der Waals surface area contributed by atoms with E-state index in [0.717, 1.165) is 11.1 Å². The lowest BCUT2D eigenvalue weighted by Gasteiger charge is -2.33. The highest BCUT2D eigenvalue weighted by molar-refractivity contribution is 5.77. The first-order valence-electron chi connectivity index (χ1n) is 8.21. The SMILES string of the molecule is COc1cc(CN[C@@H]2CCC(=O)N[C@H]2c2cccc(F)c2)ccc1O. The average molecular weight is 344 g/mol. The van der Waals surface area contributed by atoms with Crippen molar-refractivity contribution in [1.29, 1.82) is 0 Å². The first-order valence-corrected chi connectivity index (χ1v) is 8.21. The number of amides is 1. The molecule has 1 amide bonds. The molecule has 0 radical (unpaired) electrons. The van der Waals surface area contributed by atoms with Gasteiger partial charge in [0.1, 0.15) is 5.82 Å². The lowest BCUT2D eigenvalue weighted by molar-refractivity contribution is -0.123. The monoisotopic (exact) mass is 344 g/mol. The first-order chi connectivity index (χ1) is 12.1. The van der Waals surface area contributed by atoms with E-state index in [9.17, 15) is 14.3 Å². The van der Waals surface area contributed by atoms with Crippen LogP contribution in [-0.4, -0.2) is 24.2 Å². The van der Waals surface area contributed by atoms with Gasteiger partial charge in [0.25, 0.3) is 0 Å². The largest absolute Gasteiger partial charge is 0.504 e. The molecule has 132 valence electrons.